The number of benzene rings is 2. The smallest absolute Gasteiger partial charge is 0.243 e. The first-order valence-corrected chi connectivity index (χ1v) is 13.0. The fourth-order valence-electron chi connectivity index (χ4n) is 4.50. The summed E-state index contributed by atoms with van der Waals surface area (Å²) in [6.45, 7) is 2.66. The minimum Gasteiger partial charge on any atom is -0.497 e. The predicted octanol–water partition coefficient (Wildman–Crippen LogP) is 5.76. The van der Waals surface area contributed by atoms with E-state index in [0.29, 0.717) is 31.0 Å². The summed E-state index contributed by atoms with van der Waals surface area (Å²) in [6, 6.07) is 14.5. The first kappa shape index (κ1) is 26.9. The van der Waals surface area contributed by atoms with Gasteiger partial charge < -0.3 is 19.7 Å². The van der Waals surface area contributed by atoms with Crippen LogP contribution in [0.2, 0.25) is 5.02 Å². The molecule has 190 valence electrons. The maximum atomic E-state index is 13.4. The SMILES string of the molecule is CCC(C(=O)NC1CCCCC1)N(Cc1ccccc1Cl)C(=O)CCCOc1ccc(OC)cc1. The lowest BCUT2D eigenvalue weighted by atomic mass is 9.95. The largest absolute Gasteiger partial charge is 0.497 e. The summed E-state index contributed by atoms with van der Waals surface area (Å²) >= 11 is 6.40. The molecule has 0 heterocycles. The molecule has 0 radical (unpaired) electrons. The number of carbonyl (C=O) groups excluding carboxylic acids is 2. The Labute approximate surface area is 213 Å². The molecular formula is C28H37ClN2O4. The zero-order valence-electron chi connectivity index (χ0n) is 20.8. The maximum Gasteiger partial charge on any atom is 0.243 e. The van der Waals surface area contributed by atoms with Crippen LogP contribution in [-0.4, -0.2) is 42.5 Å². The summed E-state index contributed by atoms with van der Waals surface area (Å²) in [7, 11) is 1.62. The third-order valence-corrected chi connectivity index (χ3v) is 6.87. The van der Waals surface area contributed by atoms with Crippen molar-refractivity contribution in [3.8, 4) is 11.5 Å². The van der Waals surface area contributed by atoms with Crippen molar-refractivity contribution in [1.29, 1.82) is 0 Å². The van der Waals surface area contributed by atoms with Gasteiger partial charge in [-0.3, -0.25) is 9.59 Å². The van der Waals surface area contributed by atoms with Crippen molar-refractivity contribution in [2.75, 3.05) is 13.7 Å². The molecular weight excluding hydrogens is 464 g/mol. The monoisotopic (exact) mass is 500 g/mol. The van der Waals surface area contributed by atoms with Gasteiger partial charge in [-0.15, -0.1) is 0 Å². The van der Waals surface area contributed by atoms with Crippen molar-refractivity contribution < 1.29 is 19.1 Å². The van der Waals surface area contributed by atoms with Crippen molar-refractivity contribution >= 4 is 23.4 Å². The summed E-state index contributed by atoms with van der Waals surface area (Å²) in [4.78, 5) is 28.3. The molecule has 7 heteroatoms. The van der Waals surface area contributed by atoms with Gasteiger partial charge in [0.2, 0.25) is 11.8 Å². The molecule has 1 aliphatic rings. The van der Waals surface area contributed by atoms with E-state index in [2.05, 4.69) is 5.32 Å². The standard InChI is InChI=1S/C28H37ClN2O4/c1-3-26(28(33)30-22-11-5-4-6-12-22)31(20-21-10-7-8-13-25(21)29)27(32)14-9-19-35-24-17-15-23(34-2)16-18-24/h7-8,10,13,15-18,22,26H,3-6,9,11-12,14,19-20H2,1-2H3,(H,30,33). The molecule has 0 aliphatic heterocycles. The fraction of sp³-hybridized carbons (Fsp3) is 0.500. The van der Waals surface area contributed by atoms with E-state index in [1.54, 1.807) is 12.0 Å². The highest BCUT2D eigenvalue weighted by Crippen LogP contribution is 2.22. The summed E-state index contributed by atoms with van der Waals surface area (Å²) in [5.74, 6) is 1.34. The first-order chi connectivity index (χ1) is 17.0. The Bertz CT molecular complexity index is 944. The van der Waals surface area contributed by atoms with Crippen molar-refractivity contribution in [3.63, 3.8) is 0 Å². The molecule has 35 heavy (non-hydrogen) atoms. The molecule has 2 aromatic carbocycles. The van der Waals surface area contributed by atoms with Crippen molar-refractivity contribution in [1.82, 2.24) is 10.2 Å². The lowest BCUT2D eigenvalue weighted by Gasteiger charge is -2.33. The van der Waals surface area contributed by atoms with E-state index in [-0.39, 0.29) is 24.3 Å². The Morgan fingerprint density at radius 1 is 1.06 bits per heavy atom. The van der Waals surface area contributed by atoms with Crippen molar-refractivity contribution in [2.24, 2.45) is 0 Å². The second-order valence-corrected chi connectivity index (χ2v) is 9.42. The van der Waals surface area contributed by atoms with Crippen molar-refractivity contribution in [3.05, 3.63) is 59.1 Å². The summed E-state index contributed by atoms with van der Waals surface area (Å²) in [5, 5.41) is 3.80. The highest BCUT2D eigenvalue weighted by molar-refractivity contribution is 6.31. The van der Waals surface area contributed by atoms with Crippen LogP contribution in [0, 0.1) is 0 Å². The molecule has 0 spiro atoms. The van der Waals surface area contributed by atoms with Gasteiger partial charge in [0.05, 0.1) is 13.7 Å². The molecule has 3 rings (SSSR count). The molecule has 1 aliphatic carbocycles. The fourth-order valence-corrected chi connectivity index (χ4v) is 4.70. The zero-order chi connectivity index (χ0) is 25.0. The van der Waals surface area contributed by atoms with E-state index in [1.165, 1.54) is 6.42 Å². The van der Waals surface area contributed by atoms with Crippen LogP contribution >= 0.6 is 11.6 Å². The molecule has 1 fully saturated rings. The quantitative estimate of drug-likeness (QED) is 0.376. The number of carbonyl (C=O) groups is 2. The normalized spacial score (nSPS) is 14.7. The van der Waals surface area contributed by atoms with E-state index >= 15 is 0 Å². The van der Waals surface area contributed by atoms with Crippen LogP contribution in [0.4, 0.5) is 0 Å². The number of halogens is 1. The molecule has 0 saturated heterocycles. The summed E-state index contributed by atoms with van der Waals surface area (Å²) in [5.41, 5.74) is 0.834. The van der Waals surface area contributed by atoms with Crippen LogP contribution in [0.5, 0.6) is 11.5 Å². The highest BCUT2D eigenvalue weighted by Gasteiger charge is 2.30. The molecule has 1 atom stereocenters. The van der Waals surface area contributed by atoms with Crippen LogP contribution in [0.15, 0.2) is 48.5 Å². The van der Waals surface area contributed by atoms with E-state index in [1.807, 2.05) is 55.5 Å². The predicted molar refractivity (Wildman–Crippen MR) is 139 cm³/mol. The Morgan fingerprint density at radius 2 is 1.74 bits per heavy atom. The van der Waals surface area contributed by atoms with Gasteiger partial charge >= 0.3 is 0 Å². The van der Waals surface area contributed by atoms with Gasteiger partial charge in [0.15, 0.2) is 0 Å². The average molecular weight is 501 g/mol. The average Bonchev–Trinajstić information content (AvgIpc) is 2.88. The number of hydrogen-bond donors (Lipinski definition) is 1. The third-order valence-electron chi connectivity index (χ3n) is 6.50. The van der Waals surface area contributed by atoms with Gasteiger partial charge in [-0.1, -0.05) is 56.0 Å². The molecule has 6 nitrogen and oxygen atoms in total. The molecule has 1 unspecified atom stereocenters. The second-order valence-electron chi connectivity index (χ2n) is 9.01. The lowest BCUT2D eigenvalue weighted by molar-refractivity contribution is -0.142. The van der Waals surface area contributed by atoms with Crippen LogP contribution in [0.3, 0.4) is 0 Å². The molecule has 1 saturated carbocycles. The minimum atomic E-state index is -0.539. The lowest BCUT2D eigenvalue weighted by Crippen LogP contribution is -2.51. The van der Waals surface area contributed by atoms with Gasteiger partial charge in [-0.25, -0.2) is 0 Å². The summed E-state index contributed by atoms with van der Waals surface area (Å²) in [6.07, 6.45) is 6.87. The van der Waals surface area contributed by atoms with E-state index in [4.69, 9.17) is 21.1 Å². The highest BCUT2D eigenvalue weighted by atomic mass is 35.5. The van der Waals surface area contributed by atoms with Crippen LogP contribution in [0.25, 0.3) is 0 Å². The third kappa shape index (κ3) is 8.17. The Hall–Kier alpha value is -2.73. The number of nitrogens with one attached hydrogen (secondary N) is 1. The maximum absolute atomic E-state index is 13.4. The van der Waals surface area contributed by atoms with Gasteiger partial charge in [0.25, 0.3) is 0 Å². The Morgan fingerprint density at radius 3 is 2.40 bits per heavy atom. The van der Waals surface area contributed by atoms with Crippen molar-refractivity contribution in [2.45, 2.75) is 76.9 Å². The second kappa shape index (κ2) is 14.0. The first-order valence-electron chi connectivity index (χ1n) is 12.6. The Kier molecular flexibility index (Phi) is 10.7. The van der Waals surface area contributed by atoms with Gasteiger partial charge in [0, 0.05) is 24.0 Å². The number of methoxy groups -OCH3 is 1. The number of hydrogen-bond acceptors (Lipinski definition) is 4. The number of rotatable bonds is 12. The molecule has 1 N–H and O–H groups in total. The van der Waals surface area contributed by atoms with Gasteiger partial charge in [-0.05, 0) is 61.6 Å². The van der Waals surface area contributed by atoms with E-state index in [9.17, 15) is 9.59 Å². The zero-order valence-corrected chi connectivity index (χ0v) is 21.6. The molecule has 2 amide bonds. The van der Waals surface area contributed by atoms with E-state index < -0.39 is 6.04 Å². The number of amides is 2. The number of ether oxygens (including phenoxy) is 2. The number of nitrogens with zero attached hydrogens (tertiary/aromatic N) is 1. The van der Waals surface area contributed by atoms with E-state index in [0.717, 1.165) is 42.7 Å². The summed E-state index contributed by atoms with van der Waals surface area (Å²) < 4.78 is 10.9. The van der Waals surface area contributed by atoms with Crippen LogP contribution < -0.4 is 14.8 Å². The van der Waals surface area contributed by atoms with Crippen LogP contribution in [0.1, 0.15) is 63.9 Å². The van der Waals surface area contributed by atoms with Crippen LogP contribution in [-0.2, 0) is 16.1 Å². The minimum absolute atomic E-state index is 0.0747. The molecule has 2 aromatic rings. The topological polar surface area (TPSA) is 67.9 Å². The Balaban J connectivity index is 1.64. The molecule has 0 bridgehead atoms. The van der Waals surface area contributed by atoms with Gasteiger partial charge in [-0.2, -0.15) is 0 Å². The van der Waals surface area contributed by atoms with Gasteiger partial charge in [0.1, 0.15) is 17.5 Å². The molecule has 0 aromatic heterocycles.